The standard InChI is InChI=1S/C26H28N2O.C2H2O4/c29-26(25(22-12-6-2-7-13-22)23-14-8-3-9-15-23)27-24-17-19-28(20-24)18-16-21-10-4-1-5-11-21;3-1(4)2(5)6/h1-15,24-25H,16-20H2,(H,27,29);(H,3,4)(H,5,6)/t24-;/m0./s1. The first kappa shape index (κ1) is 25.6. The second-order valence-electron chi connectivity index (χ2n) is 8.40. The molecule has 35 heavy (non-hydrogen) atoms. The Labute approximate surface area is 205 Å². The number of carboxylic acid groups (broad SMARTS) is 2. The molecule has 3 aromatic rings. The van der Waals surface area contributed by atoms with E-state index in [1.165, 1.54) is 5.56 Å². The fraction of sp³-hybridized carbons (Fsp3) is 0.250. The molecule has 0 radical (unpaired) electrons. The van der Waals surface area contributed by atoms with E-state index in [2.05, 4.69) is 40.5 Å². The van der Waals surface area contributed by atoms with E-state index in [4.69, 9.17) is 19.8 Å². The van der Waals surface area contributed by atoms with E-state index in [1.807, 2.05) is 60.7 Å². The van der Waals surface area contributed by atoms with Crippen molar-refractivity contribution in [3.8, 4) is 0 Å². The monoisotopic (exact) mass is 474 g/mol. The largest absolute Gasteiger partial charge is 0.473 e. The number of aliphatic carboxylic acids is 2. The first-order chi connectivity index (χ1) is 16.9. The van der Waals surface area contributed by atoms with Crippen molar-refractivity contribution in [2.45, 2.75) is 24.8 Å². The summed E-state index contributed by atoms with van der Waals surface area (Å²) >= 11 is 0. The Bertz CT molecular complexity index is 1040. The van der Waals surface area contributed by atoms with E-state index in [0.717, 1.165) is 43.6 Å². The van der Waals surface area contributed by atoms with Crippen LogP contribution in [0, 0.1) is 0 Å². The smallest absolute Gasteiger partial charge is 0.414 e. The van der Waals surface area contributed by atoms with Crippen LogP contribution in [0.2, 0.25) is 0 Å². The molecule has 3 N–H and O–H groups in total. The molecule has 182 valence electrons. The van der Waals surface area contributed by atoms with Gasteiger partial charge in [-0.3, -0.25) is 4.79 Å². The highest BCUT2D eigenvalue weighted by Gasteiger charge is 2.28. The summed E-state index contributed by atoms with van der Waals surface area (Å²) in [6.45, 7) is 3.01. The topological polar surface area (TPSA) is 107 Å². The second-order valence-corrected chi connectivity index (χ2v) is 8.40. The number of carboxylic acids is 2. The van der Waals surface area contributed by atoms with Gasteiger partial charge in [-0.1, -0.05) is 91.0 Å². The molecule has 3 aromatic carbocycles. The van der Waals surface area contributed by atoms with E-state index < -0.39 is 11.9 Å². The van der Waals surface area contributed by atoms with Crippen LogP contribution < -0.4 is 5.32 Å². The van der Waals surface area contributed by atoms with Crippen molar-refractivity contribution >= 4 is 17.8 Å². The number of amides is 1. The maximum atomic E-state index is 13.3. The molecule has 0 aromatic heterocycles. The van der Waals surface area contributed by atoms with E-state index in [-0.39, 0.29) is 17.9 Å². The normalized spacial score (nSPS) is 15.2. The Morgan fingerprint density at radius 3 is 1.77 bits per heavy atom. The first-order valence-corrected chi connectivity index (χ1v) is 11.6. The molecule has 1 aliphatic heterocycles. The average Bonchev–Trinajstić information content (AvgIpc) is 3.32. The van der Waals surface area contributed by atoms with Crippen LogP contribution in [0.5, 0.6) is 0 Å². The molecule has 0 spiro atoms. The van der Waals surface area contributed by atoms with Crippen molar-refractivity contribution in [1.29, 1.82) is 0 Å². The zero-order valence-corrected chi connectivity index (χ0v) is 19.4. The van der Waals surface area contributed by atoms with Gasteiger partial charge in [0.05, 0.1) is 5.92 Å². The van der Waals surface area contributed by atoms with Gasteiger partial charge in [-0.25, -0.2) is 9.59 Å². The lowest BCUT2D eigenvalue weighted by Gasteiger charge is -2.21. The maximum absolute atomic E-state index is 13.3. The molecule has 4 rings (SSSR count). The number of rotatable bonds is 7. The summed E-state index contributed by atoms with van der Waals surface area (Å²) in [5.41, 5.74) is 3.44. The lowest BCUT2D eigenvalue weighted by atomic mass is 9.90. The minimum Gasteiger partial charge on any atom is -0.473 e. The minimum absolute atomic E-state index is 0.0947. The minimum atomic E-state index is -1.82. The van der Waals surface area contributed by atoms with E-state index in [1.54, 1.807) is 0 Å². The molecular formula is C28H30N2O5. The van der Waals surface area contributed by atoms with Crippen molar-refractivity contribution in [2.24, 2.45) is 0 Å². The van der Waals surface area contributed by atoms with Crippen LogP contribution in [-0.2, 0) is 20.8 Å². The fourth-order valence-electron chi connectivity index (χ4n) is 4.16. The summed E-state index contributed by atoms with van der Waals surface area (Å²) in [4.78, 5) is 33.9. The Kier molecular flexibility index (Phi) is 9.57. The Morgan fingerprint density at radius 2 is 1.29 bits per heavy atom. The molecule has 1 aliphatic rings. The number of carbonyl (C=O) groups is 3. The molecule has 7 heteroatoms. The van der Waals surface area contributed by atoms with Gasteiger partial charge in [0.1, 0.15) is 0 Å². The van der Waals surface area contributed by atoms with Gasteiger partial charge in [0.15, 0.2) is 0 Å². The molecule has 0 bridgehead atoms. The van der Waals surface area contributed by atoms with Crippen molar-refractivity contribution < 1.29 is 24.6 Å². The summed E-state index contributed by atoms with van der Waals surface area (Å²) < 4.78 is 0. The van der Waals surface area contributed by atoms with Gasteiger partial charge in [0, 0.05) is 25.7 Å². The van der Waals surface area contributed by atoms with E-state index >= 15 is 0 Å². The van der Waals surface area contributed by atoms with Crippen molar-refractivity contribution in [3.05, 3.63) is 108 Å². The highest BCUT2D eigenvalue weighted by Crippen LogP contribution is 2.25. The number of nitrogens with zero attached hydrogens (tertiary/aromatic N) is 1. The summed E-state index contributed by atoms with van der Waals surface area (Å²) in [5.74, 6) is -3.82. The number of nitrogens with one attached hydrogen (secondary N) is 1. The molecule has 0 aliphatic carbocycles. The maximum Gasteiger partial charge on any atom is 0.414 e. The SMILES string of the molecule is O=C(N[C@H]1CCN(CCc2ccccc2)C1)C(c1ccccc1)c1ccccc1.O=C(O)C(=O)O. The predicted molar refractivity (Wildman–Crippen MR) is 133 cm³/mol. The van der Waals surface area contributed by atoms with Crippen LogP contribution in [0.25, 0.3) is 0 Å². The van der Waals surface area contributed by atoms with Crippen molar-refractivity contribution in [1.82, 2.24) is 10.2 Å². The van der Waals surface area contributed by atoms with E-state index in [9.17, 15) is 4.79 Å². The Hall–Kier alpha value is -3.97. The van der Waals surface area contributed by atoms with Gasteiger partial charge in [-0.15, -0.1) is 0 Å². The van der Waals surface area contributed by atoms with Crippen molar-refractivity contribution in [2.75, 3.05) is 19.6 Å². The molecule has 7 nitrogen and oxygen atoms in total. The number of likely N-dealkylation sites (tertiary alicyclic amines) is 1. The Balaban J connectivity index is 0.000000509. The lowest BCUT2D eigenvalue weighted by Crippen LogP contribution is -2.40. The number of hydrogen-bond acceptors (Lipinski definition) is 4. The van der Waals surface area contributed by atoms with Crippen LogP contribution in [-0.4, -0.2) is 58.6 Å². The van der Waals surface area contributed by atoms with Crippen LogP contribution in [0.3, 0.4) is 0 Å². The van der Waals surface area contributed by atoms with Gasteiger partial charge in [0.25, 0.3) is 0 Å². The zero-order chi connectivity index (χ0) is 25.0. The highest BCUT2D eigenvalue weighted by atomic mass is 16.4. The third kappa shape index (κ3) is 8.08. The lowest BCUT2D eigenvalue weighted by molar-refractivity contribution is -0.159. The summed E-state index contributed by atoms with van der Waals surface area (Å²) in [6, 6.07) is 31.0. The third-order valence-electron chi connectivity index (χ3n) is 5.89. The van der Waals surface area contributed by atoms with Gasteiger partial charge < -0.3 is 20.4 Å². The summed E-state index contributed by atoms with van der Waals surface area (Å²) in [6.07, 6.45) is 2.06. The summed E-state index contributed by atoms with van der Waals surface area (Å²) in [5, 5.41) is 18.1. The van der Waals surface area contributed by atoms with Crippen molar-refractivity contribution in [3.63, 3.8) is 0 Å². The van der Waals surface area contributed by atoms with Crippen LogP contribution >= 0.6 is 0 Å². The number of carbonyl (C=O) groups excluding carboxylic acids is 1. The van der Waals surface area contributed by atoms with Gasteiger partial charge in [0.2, 0.25) is 5.91 Å². The zero-order valence-electron chi connectivity index (χ0n) is 19.4. The molecule has 1 amide bonds. The molecule has 1 saturated heterocycles. The molecule has 0 unspecified atom stereocenters. The first-order valence-electron chi connectivity index (χ1n) is 11.6. The number of hydrogen-bond donors (Lipinski definition) is 3. The fourth-order valence-corrected chi connectivity index (χ4v) is 4.16. The molecule has 1 fully saturated rings. The van der Waals surface area contributed by atoms with Gasteiger partial charge in [-0.2, -0.15) is 0 Å². The summed E-state index contributed by atoms with van der Waals surface area (Å²) in [7, 11) is 0. The van der Waals surface area contributed by atoms with Gasteiger partial charge in [-0.05, 0) is 29.5 Å². The number of benzene rings is 3. The van der Waals surface area contributed by atoms with Crippen LogP contribution in [0.1, 0.15) is 29.0 Å². The molecule has 1 heterocycles. The molecular weight excluding hydrogens is 444 g/mol. The third-order valence-corrected chi connectivity index (χ3v) is 5.89. The molecule has 1 atom stereocenters. The predicted octanol–water partition coefficient (Wildman–Crippen LogP) is 3.41. The van der Waals surface area contributed by atoms with E-state index in [0.29, 0.717) is 0 Å². The quantitative estimate of drug-likeness (QED) is 0.453. The average molecular weight is 475 g/mol. The highest BCUT2D eigenvalue weighted by molar-refractivity contribution is 6.27. The second kappa shape index (κ2) is 13.1. The van der Waals surface area contributed by atoms with Gasteiger partial charge >= 0.3 is 11.9 Å². The Morgan fingerprint density at radius 1 is 0.800 bits per heavy atom. The van der Waals surface area contributed by atoms with Crippen LogP contribution in [0.15, 0.2) is 91.0 Å². The molecule has 0 saturated carbocycles. The van der Waals surface area contributed by atoms with Crippen LogP contribution in [0.4, 0.5) is 0 Å².